The second kappa shape index (κ2) is 4.09. The van der Waals surface area contributed by atoms with Gasteiger partial charge in [0.2, 0.25) is 0 Å². The summed E-state index contributed by atoms with van der Waals surface area (Å²) in [5.41, 5.74) is 0. The largest absolute Gasteiger partial charge is 0.480 e. The molecule has 4 nitrogen and oxygen atoms in total. The van der Waals surface area contributed by atoms with E-state index in [1.54, 1.807) is 0 Å². The molecule has 0 radical (unpaired) electrons. The summed E-state index contributed by atoms with van der Waals surface area (Å²) in [7, 11) is -3.36. The van der Waals surface area contributed by atoms with E-state index in [4.69, 9.17) is 5.11 Å². The molecule has 76 valence electrons. The van der Waals surface area contributed by atoms with E-state index < -0.39 is 21.6 Å². The van der Waals surface area contributed by atoms with Gasteiger partial charge < -0.3 is 5.11 Å². The molecule has 0 aromatic carbocycles. The van der Waals surface area contributed by atoms with E-state index in [9.17, 15) is 13.2 Å². The molecule has 0 aliphatic heterocycles. The fourth-order valence-electron chi connectivity index (χ4n) is 1.78. The molecule has 1 N–H and O–H groups in total. The van der Waals surface area contributed by atoms with Crippen molar-refractivity contribution in [3.8, 4) is 0 Å². The smallest absolute Gasteiger partial charge is 0.318 e. The number of hydrogen-bond donors (Lipinski definition) is 1. The minimum atomic E-state index is -3.36. The van der Waals surface area contributed by atoms with Crippen molar-refractivity contribution in [2.24, 2.45) is 5.92 Å². The topological polar surface area (TPSA) is 71.4 Å². The molecule has 0 heterocycles. The number of hydrogen-bond acceptors (Lipinski definition) is 3. The molecule has 13 heavy (non-hydrogen) atoms. The molecule has 0 atom stereocenters. The molecule has 5 heteroatoms. The molecule has 0 unspecified atom stereocenters. The first-order valence-electron chi connectivity index (χ1n) is 4.42. The van der Waals surface area contributed by atoms with Crippen LogP contribution < -0.4 is 0 Å². The summed E-state index contributed by atoms with van der Waals surface area (Å²) in [6, 6.07) is 0. The van der Waals surface area contributed by atoms with Gasteiger partial charge in [0, 0.05) is 0 Å². The highest BCUT2D eigenvalue weighted by Gasteiger charge is 2.24. The van der Waals surface area contributed by atoms with Crippen LogP contribution in [0.3, 0.4) is 0 Å². The van der Waals surface area contributed by atoms with E-state index in [1.165, 1.54) is 0 Å². The molecule has 1 aliphatic carbocycles. The van der Waals surface area contributed by atoms with Crippen LogP contribution in [0, 0.1) is 5.92 Å². The third-order valence-corrected chi connectivity index (χ3v) is 3.97. The summed E-state index contributed by atoms with van der Waals surface area (Å²) < 4.78 is 22.4. The number of sulfone groups is 1. The summed E-state index contributed by atoms with van der Waals surface area (Å²) in [5.74, 6) is -1.72. The van der Waals surface area contributed by atoms with Gasteiger partial charge in [-0.05, 0) is 18.8 Å². The van der Waals surface area contributed by atoms with Crippen molar-refractivity contribution in [2.75, 3.05) is 11.5 Å². The Morgan fingerprint density at radius 2 is 1.85 bits per heavy atom. The lowest BCUT2D eigenvalue weighted by Gasteiger charge is -2.07. The number of aliphatic carboxylic acids is 1. The Morgan fingerprint density at radius 3 is 2.31 bits per heavy atom. The highest BCUT2D eigenvalue weighted by Crippen LogP contribution is 2.25. The zero-order valence-electron chi connectivity index (χ0n) is 7.40. The molecule has 1 saturated carbocycles. The van der Waals surface area contributed by atoms with Gasteiger partial charge >= 0.3 is 5.97 Å². The van der Waals surface area contributed by atoms with E-state index in [2.05, 4.69) is 0 Å². The van der Waals surface area contributed by atoms with E-state index >= 15 is 0 Å². The molecule has 1 rings (SSSR count). The van der Waals surface area contributed by atoms with Crippen LogP contribution in [0.25, 0.3) is 0 Å². The van der Waals surface area contributed by atoms with Crippen molar-refractivity contribution in [1.82, 2.24) is 0 Å². The maximum atomic E-state index is 11.2. The lowest BCUT2D eigenvalue weighted by molar-refractivity contribution is -0.134. The van der Waals surface area contributed by atoms with Crippen LogP contribution in [0.5, 0.6) is 0 Å². The SMILES string of the molecule is O=C(O)CS(=O)(=O)CC1CCCC1. The van der Waals surface area contributed by atoms with Crippen molar-refractivity contribution in [3.63, 3.8) is 0 Å². The van der Waals surface area contributed by atoms with Gasteiger partial charge in [0.25, 0.3) is 0 Å². The molecule has 0 bridgehead atoms. The van der Waals surface area contributed by atoms with Gasteiger partial charge in [-0.3, -0.25) is 4.79 Å². The van der Waals surface area contributed by atoms with Gasteiger partial charge in [0.15, 0.2) is 9.84 Å². The minimum absolute atomic E-state index is 0.0549. The lowest BCUT2D eigenvalue weighted by Crippen LogP contribution is -2.22. The van der Waals surface area contributed by atoms with E-state index in [0.717, 1.165) is 25.7 Å². The maximum absolute atomic E-state index is 11.2. The highest BCUT2D eigenvalue weighted by molar-refractivity contribution is 7.92. The molecule has 1 fully saturated rings. The second-order valence-corrected chi connectivity index (χ2v) is 5.71. The van der Waals surface area contributed by atoms with Crippen molar-refractivity contribution in [1.29, 1.82) is 0 Å². The van der Waals surface area contributed by atoms with Gasteiger partial charge in [-0.1, -0.05) is 12.8 Å². The number of carboxylic acids is 1. The fourth-order valence-corrected chi connectivity index (χ4v) is 3.33. The third-order valence-electron chi connectivity index (χ3n) is 2.31. The van der Waals surface area contributed by atoms with Crippen LogP contribution in [0.1, 0.15) is 25.7 Å². The molecule has 0 saturated heterocycles. The first kappa shape index (κ1) is 10.5. The van der Waals surface area contributed by atoms with Crippen LogP contribution in [0.2, 0.25) is 0 Å². The van der Waals surface area contributed by atoms with Gasteiger partial charge in [-0.15, -0.1) is 0 Å². The number of carboxylic acid groups (broad SMARTS) is 1. The summed E-state index contributed by atoms with van der Waals surface area (Å²) in [6.07, 6.45) is 4.01. The Labute approximate surface area is 77.9 Å². The monoisotopic (exact) mass is 206 g/mol. The van der Waals surface area contributed by atoms with Crippen molar-refractivity contribution in [3.05, 3.63) is 0 Å². The second-order valence-electron chi connectivity index (χ2n) is 3.60. The standard InChI is InChI=1S/C8H14O4S/c9-8(10)6-13(11,12)5-7-3-1-2-4-7/h7H,1-6H2,(H,9,10). The van der Waals surface area contributed by atoms with Gasteiger partial charge in [-0.2, -0.15) is 0 Å². The maximum Gasteiger partial charge on any atom is 0.318 e. The van der Waals surface area contributed by atoms with Crippen LogP contribution in [-0.4, -0.2) is 31.0 Å². The van der Waals surface area contributed by atoms with Gasteiger partial charge in [0.1, 0.15) is 5.75 Å². The summed E-state index contributed by atoms with van der Waals surface area (Å²) in [6.45, 7) is 0. The van der Waals surface area contributed by atoms with Gasteiger partial charge in [0.05, 0.1) is 5.75 Å². The minimum Gasteiger partial charge on any atom is -0.480 e. The molecule has 0 spiro atoms. The molecular formula is C8H14O4S. The average Bonchev–Trinajstić information content (AvgIpc) is 2.34. The van der Waals surface area contributed by atoms with E-state index in [0.29, 0.717) is 0 Å². The van der Waals surface area contributed by atoms with E-state index in [-0.39, 0.29) is 11.7 Å². The third kappa shape index (κ3) is 3.76. The van der Waals surface area contributed by atoms with E-state index in [1.807, 2.05) is 0 Å². The molecule has 0 aromatic rings. The lowest BCUT2D eigenvalue weighted by atomic mass is 10.1. The molecule has 0 amide bonds. The predicted octanol–water partition coefficient (Wildman–Crippen LogP) is 0.676. The quantitative estimate of drug-likeness (QED) is 0.734. The number of rotatable bonds is 4. The molecular weight excluding hydrogens is 192 g/mol. The average molecular weight is 206 g/mol. The normalized spacial score (nSPS) is 19.1. The number of carbonyl (C=O) groups is 1. The van der Waals surface area contributed by atoms with Crippen LogP contribution in [0.4, 0.5) is 0 Å². The first-order chi connectivity index (χ1) is 5.99. The Bertz CT molecular complexity index is 275. The Kier molecular flexibility index (Phi) is 3.30. The Hall–Kier alpha value is -0.580. The zero-order chi connectivity index (χ0) is 9.90. The van der Waals surface area contributed by atoms with Crippen LogP contribution in [-0.2, 0) is 14.6 Å². The zero-order valence-corrected chi connectivity index (χ0v) is 8.22. The Morgan fingerprint density at radius 1 is 1.31 bits per heavy atom. The fraction of sp³-hybridized carbons (Fsp3) is 0.875. The van der Waals surface area contributed by atoms with Crippen molar-refractivity contribution < 1.29 is 18.3 Å². The predicted molar refractivity (Wildman–Crippen MR) is 48.2 cm³/mol. The highest BCUT2D eigenvalue weighted by atomic mass is 32.2. The van der Waals surface area contributed by atoms with Crippen LogP contribution >= 0.6 is 0 Å². The Balaban J connectivity index is 2.46. The molecule has 1 aliphatic rings. The summed E-state index contributed by atoms with van der Waals surface area (Å²) >= 11 is 0. The molecule has 0 aromatic heterocycles. The van der Waals surface area contributed by atoms with Crippen molar-refractivity contribution >= 4 is 15.8 Å². The summed E-state index contributed by atoms with van der Waals surface area (Å²) in [4.78, 5) is 10.2. The van der Waals surface area contributed by atoms with Crippen molar-refractivity contribution in [2.45, 2.75) is 25.7 Å². The summed E-state index contributed by atoms with van der Waals surface area (Å²) in [5, 5.41) is 8.34. The first-order valence-corrected chi connectivity index (χ1v) is 6.24. The van der Waals surface area contributed by atoms with Gasteiger partial charge in [-0.25, -0.2) is 8.42 Å². The van der Waals surface area contributed by atoms with Crippen LogP contribution in [0.15, 0.2) is 0 Å².